The maximum Gasteiger partial charge on any atom is 0.311 e. The molecule has 2 fully saturated rings. The normalized spacial score (nSPS) is 19.9. The average Bonchev–Trinajstić information content (AvgIpc) is 3.37. The number of hydrogen-bond acceptors (Lipinski definition) is 12. The number of rotatable bonds is 14. The predicted molar refractivity (Wildman–Crippen MR) is 150 cm³/mol. The number of carbonyl (C=O) groups excluding carboxylic acids is 1. The highest BCUT2D eigenvalue weighted by Crippen LogP contribution is 2.46. The highest BCUT2D eigenvalue weighted by Gasteiger charge is 2.50. The lowest BCUT2D eigenvalue weighted by atomic mass is 9.95. The molecule has 15 nitrogen and oxygen atoms in total. The smallest absolute Gasteiger partial charge is 0.311 e. The standard InChI is InChI=1S/C22H32N12O3S2/c1-12-16(15(34(12)38)9-33-29-8-13(32-33)7-26-5-2-6-27-20(23)24)31-18(35)17(14-10-39-21(25)30-14)28-11-22(3-4-22)19(36)37/h8,10,15-16,26,38H,1-7,9,11H2,(H2,25,30)(H,31,35)(H,36,37)(H4,23,24,27). The number of carboxylic acid groups (broad SMARTS) is 1. The zero-order chi connectivity index (χ0) is 28.2. The minimum atomic E-state index is -0.928. The average molecular weight is 577 g/mol. The van der Waals surface area contributed by atoms with Crippen molar-refractivity contribution in [3.05, 3.63) is 35.2 Å². The second kappa shape index (κ2) is 12.0. The summed E-state index contributed by atoms with van der Waals surface area (Å²) in [6.45, 7) is 6.11. The number of carbonyl (C=O) groups is 2. The number of nitrogens with one attached hydrogen (secondary N) is 2. The van der Waals surface area contributed by atoms with E-state index in [-0.39, 0.29) is 29.4 Å². The Kier molecular flexibility index (Phi) is 8.71. The Balaban J connectivity index is 1.36. The van der Waals surface area contributed by atoms with Gasteiger partial charge in [-0.15, -0.1) is 11.3 Å². The molecule has 3 heterocycles. The molecule has 0 bridgehead atoms. The Morgan fingerprint density at radius 3 is 2.74 bits per heavy atom. The maximum atomic E-state index is 13.3. The molecule has 0 aromatic carbocycles. The summed E-state index contributed by atoms with van der Waals surface area (Å²) in [6.07, 6.45) is 3.48. The van der Waals surface area contributed by atoms with Crippen LogP contribution in [0.5, 0.6) is 0 Å². The number of hydrogen-bond donors (Lipinski definition) is 7. The summed E-state index contributed by atoms with van der Waals surface area (Å²) in [5.41, 5.74) is 17.1. The monoisotopic (exact) mass is 576 g/mol. The second-order valence-corrected chi connectivity index (χ2v) is 10.7. The Hall–Kier alpha value is -3.70. The van der Waals surface area contributed by atoms with Gasteiger partial charge in [0, 0.05) is 24.2 Å². The molecule has 1 saturated heterocycles. The van der Waals surface area contributed by atoms with Crippen LogP contribution in [0.25, 0.3) is 0 Å². The highest BCUT2D eigenvalue weighted by atomic mass is 32.1. The van der Waals surface area contributed by atoms with Crippen LogP contribution in [0.15, 0.2) is 33.8 Å². The first-order valence-electron chi connectivity index (χ1n) is 12.2. The first-order chi connectivity index (χ1) is 18.6. The van der Waals surface area contributed by atoms with Gasteiger partial charge in [-0.1, -0.05) is 19.4 Å². The molecule has 2 atom stereocenters. The minimum Gasteiger partial charge on any atom is -0.481 e. The molecule has 0 radical (unpaired) electrons. The van der Waals surface area contributed by atoms with Crippen molar-refractivity contribution < 1.29 is 14.7 Å². The number of thiol groups is 1. The minimum absolute atomic E-state index is 0.0153. The van der Waals surface area contributed by atoms with Gasteiger partial charge in [0.25, 0.3) is 5.91 Å². The number of aromatic nitrogens is 4. The van der Waals surface area contributed by atoms with Crippen LogP contribution < -0.4 is 27.8 Å². The van der Waals surface area contributed by atoms with E-state index in [0.717, 1.165) is 12.1 Å². The zero-order valence-electron chi connectivity index (χ0n) is 21.2. The summed E-state index contributed by atoms with van der Waals surface area (Å²) in [7, 11) is 0. The summed E-state index contributed by atoms with van der Waals surface area (Å²) in [6, 6.07) is -0.748. The van der Waals surface area contributed by atoms with Crippen LogP contribution in [0.4, 0.5) is 5.13 Å². The molecule has 39 heavy (non-hydrogen) atoms. The van der Waals surface area contributed by atoms with Gasteiger partial charge < -0.3 is 37.2 Å². The van der Waals surface area contributed by atoms with E-state index in [9.17, 15) is 14.7 Å². The molecule has 0 spiro atoms. The molecule has 4 rings (SSSR count). The number of nitrogens with zero attached hydrogens (tertiary/aromatic N) is 7. The van der Waals surface area contributed by atoms with Crippen molar-refractivity contribution in [3.8, 4) is 0 Å². The third-order valence-corrected chi connectivity index (χ3v) is 7.74. The number of anilines is 1. The van der Waals surface area contributed by atoms with E-state index >= 15 is 0 Å². The lowest BCUT2D eigenvalue weighted by Gasteiger charge is -2.47. The Morgan fingerprint density at radius 2 is 2.10 bits per heavy atom. The van der Waals surface area contributed by atoms with Crippen molar-refractivity contribution in [2.24, 2.45) is 26.9 Å². The molecule has 2 aromatic heterocycles. The zero-order valence-corrected chi connectivity index (χ0v) is 22.9. The summed E-state index contributed by atoms with van der Waals surface area (Å²) in [4.78, 5) is 39.0. The van der Waals surface area contributed by atoms with Crippen LogP contribution in [-0.2, 0) is 22.7 Å². The Labute approximate surface area is 234 Å². The van der Waals surface area contributed by atoms with E-state index < -0.39 is 23.3 Å². The van der Waals surface area contributed by atoms with Crippen molar-refractivity contribution in [1.29, 1.82) is 0 Å². The van der Waals surface area contributed by atoms with Crippen molar-refractivity contribution in [3.63, 3.8) is 0 Å². The van der Waals surface area contributed by atoms with Crippen molar-refractivity contribution >= 4 is 52.8 Å². The fourth-order valence-corrected chi connectivity index (χ4v) is 4.87. The fourth-order valence-electron chi connectivity index (χ4n) is 3.99. The van der Waals surface area contributed by atoms with E-state index in [1.165, 1.54) is 16.1 Å². The molecular weight excluding hydrogens is 544 g/mol. The number of guanidine groups is 1. The third-order valence-electron chi connectivity index (χ3n) is 6.51. The molecule has 1 aliphatic carbocycles. The molecule has 210 valence electrons. The van der Waals surface area contributed by atoms with Gasteiger partial charge in [-0.2, -0.15) is 15.0 Å². The van der Waals surface area contributed by atoms with Crippen molar-refractivity contribution in [2.45, 2.75) is 44.4 Å². The van der Waals surface area contributed by atoms with Crippen molar-refractivity contribution in [2.75, 3.05) is 25.4 Å². The van der Waals surface area contributed by atoms with Crippen molar-refractivity contribution in [1.82, 2.24) is 34.9 Å². The number of amides is 1. The van der Waals surface area contributed by atoms with E-state index in [0.29, 0.717) is 50.4 Å². The highest BCUT2D eigenvalue weighted by molar-refractivity contribution is 7.78. The number of aliphatic imine (C=N–C) groups is 2. The SMILES string of the molecule is C=C1C(NC(=O)C(=NCC2(C(=O)O)CC2)c2csc(N)n2)C(Cn2ncc(CNCCCN=C(N)N)n2)N1S. The van der Waals surface area contributed by atoms with Gasteiger partial charge in [0.2, 0.25) is 0 Å². The second-order valence-electron chi connectivity index (χ2n) is 9.40. The van der Waals surface area contributed by atoms with Gasteiger partial charge in [0.05, 0.1) is 42.5 Å². The van der Waals surface area contributed by atoms with Gasteiger partial charge >= 0.3 is 5.97 Å². The molecule has 2 aliphatic rings. The van der Waals surface area contributed by atoms with Crippen LogP contribution in [0, 0.1) is 5.41 Å². The van der Waals surface area contributed by atoms with Gasteiger partial charge in [-0.3, -0.25) is 19.6 Å². The third kappa shape index (κ3) is 6.85. The lowest BCUT2D eigenvalue weighted by Crippen LogP contribution is -2.63. The lowest BCUT2D eigenvalue weighted by molar-refractivity contribution is -0.142. The van der Waals surface area contributed by atoms with E-state index in [1.807, 2.05) is 0 Å². The number of nitrogen functional groups attached to an aromatic ring is 1. The molecule has 1 aliphatic heterocycles. The molecule has 17 heteroatoms. The van der Waals surface area contributed by atoms with Gasteiger partial charge in [0.15, 0.2) is 11.1 Å². The Morgan fingerprint density at radius 1 is 1.33 bits per heavy atom. The largest absolute Gasteiger partial charge is 0.481 e. The molecule has 2 aromatic rings. The summed E-state index contributed by atoms with van der Waals surface area (Å²) < 4.78 is 1.65. The van der Waals surface area contributed by atoms with E-state index in [1.54, 1.807) is 15.9 Å². The molecule has 1 amide bonds. The van der Waals surface area contributed by atoms with Crippen LogP contribution in [0.3, 0.4) is 0 Å². The topological polar surface area (TPSA) is 228 Å². The molecular formula is C22H32N12O3S2. The molecule has 9 N–H and O–H groups in total. The number of thiazole rings is 1. The van der Waals surface area contributed by atoms with E-state index in [4.69, 9.17) is 17.2 Å². The van der Waals surface area contributed by atoms with Crippen LogP contribution >= 0.6 is 24.2 Å². The molecule has 2 unspecified atom stereocenters. The summed E-state index contributed by atoms with van der Waals surface area (Å²) in [5, 5.41) is 26.4. The number of carboxylic acids is 1. The fraction of sp³-hybridized carbons (Fsp3) is 0.500. The predicted octanol–water partition coefficient (Wildman–Crippen LogP) is -1.05. The summed E-state index contributed by atoms with van der Waals surface area (Å²) >= 11 is 5.65. The molecule has 1 saturated carbocycles. The quantitative estimate of drug-likeness (QED) is 0.0621. The number of nitrogens with two attached hydrogens (primary N) is 3. The number of aliphatic carboxylic acids is 1. The van der Waals surface area contributed by atoms with Crippen LogP contribution in [0.2, 0.25) is 0 Å². The van der Waals surface area contributed by atoms with Gasteiger partial charge in [-0.05, 0) is 25.8 Å². The van der Waals surface area contributed by atoms with Gasteiger partial charge in [0.1, 0.15) is 11.4 Å². The first-order valence-corrected chi connectivity index (χ1v) is 13.5. The maximum absolute atomic E-state index is 13.3. The van der Waals surface area contributed by atoms with Crippen LogP contribution in [-0.4, -0.2) is 84.7 Å². The van der Waals surface area contributed by atoms with Gasteiger partial charge in [-0.25, -0.2) is 4.98 Å². The Bertz CT molecular complexity index is 1280. The first kappa shape index (κ1) is 28.3. The van der Waals surface area contributed by atoms with E-state index in [2.05, 4.69) is 55.2 Å². The van der Waals surface area contributed by atoms with Crippen LogP contribution in [0.1, 0.15) is 30.7 Å². The summed E-state index contributed by atoms with van der Waals surface area (Å²) in [5.74, 6) is -1.35.